The minimum absolute atomic E-state index is 0.171. The maximum absolute atomic E-state index is 13.3. The fourth-order valence-electron chi connectivity index (χ4n) is 3.74. The van der Waals surface area contributed by atoms with Gasteiger partial charge in [-0.25, -0.2) is 17.4 Å². The molecular formula is C23H14BrCl2N3O3S. The third kappa shape index (κ3) is 3.58. The van der Waals surface area contributed by atoms with E-state index in [0.717, 1.165) is 5.56 Å². The van der Waals surface area contributed by atoms with Gasteiger partial charge in [0.05, 0.1) is 32.2 Å². The van der Waals surface area contributed by atoms with Gasteiger partial charge in [-0.05, 0) is 65.3 Å². The van der Waals surface area contributed by atoms with Gasteiger partial charge in [-0.1, -0.05) is 47.0 Å². The van der Waals surface area contributed by atoms with Gasteiger partial charge in [0.1, 0.15) is 0 Å². The fraction of sp³-hybridized carbons (Fsp3) is 0.0435. The number of hydrogen-bond donors (Lipinski definition) is 0. The summed E-state index contributed by atoms with van der Waals surface area (Å²) >= 11 is 15.7. The Kier molecular flexibility index (Phi) is 5.36. The average molecular weight is 563 g/mol. The van der Waals surface area contributed by atoms with E-state index in [2.05, 4.69) is 20.9 Å². The summed E-state index contributed by atoms with van der Waals surface area (Å²) in [6, 6.07) is 16.7. The van der Waals surface area contributed by atoms with Crippen molar-refractivity contribution in [3.05, 3.63) is 97.4 Å². The van der Waals surface area contributed by atoms with E-state index in [1.807, 2.05) is 6.92 Å². The summed E-state index contributed by atoms with van der Waals surface area (Å²) in [6.07, 6.45) is 1.48. The highest BCUT2D eigenvalue weighted by Crippen LogP contribution is 2.31. The Bertz CT molecular complexity index is 1740. The first kappa shape index (κ1) is 22.2. The largest absolute Gasteiger partial charge is 0.293 e. The molecule has 0 bridgehead atoms. The molecule has 6 nitrogen and oxygen atoms in total. The molecule has 0 fully saturated rings. The molecule has 3 aromatic carbocycles. The molecule has 0 aliphatic heterocycles. The van der Waals surface area contributed by atoms with Gasteiger partial charge in [-0.3, -0.25) is 9.36 Å². The number of benzene rings is 3. The van der Waals surface area contributed by atoms with Crippen LogP contribution in [0, 0.1) is 6.92 Å². The Balaban J connectivity index is 1.81. The van der Waals surface area contributed by atoms with E-state index in [-0.39, 0.29) is 10.0 Å². The molecule has 0 unspecified atom stereocenters. The van der Waals surface area contributed by atoms with E-state index in [0.29, 0.717) is 37.1 Å². The molecule has 0 aliphatic rings. The molecule has 166 valence electrons. The molecular weight excluding hydrogens is 549 g/mol. The Morgan fingerprint density at radius 3 is 2.42 bits per heavy atom. The second kappa shape index (κ2) is 7.99. The van der Waals surface area contributed by atoms with Crippen molar-refractivity contribution in [2.45, 2.75) is 11.8 Å². The van der Waals surface area contributed by atoms with Crippen LogP contribution in [0.25, 0.3) is 27.6 Å². The highest BCUT2D eigenvalue weighted by atomic mass is 79.9. The lowest BCUT2D eigenvalue weighted by molar-refractivity contribution is 0.589. The summed E-state index contributed by atoms with van der Waals surface area (Å²) in [4.78, 5) is 17.4. The van der Waals surface area contributed by atoms with Crippen molar-refractivity contribution >= 4 is 71.1 Å². The minimum Gasteiger partial charge on any atom is -0.272 e. The number of aryl methyl sites for hydroxylation is 1. The molecule has 2 heterocycles. The first-order chi connectivity index (χ1) is 15.7. The van der Waals surface area contributed by atoms with E-state index in [4.69, 9.17) is 23.2 Å². The van der Waals surface area contributed by atoms with E-state index >= 15 is 0 Å². The molecule has 0 saturated heterocycles. The second-order valence-electron chi connectivity index (χ2n) is 7.44. The van der Waals surface area contributed by atoms with Gasteiger partial charge in [0, 0.05) is 16.1 Å². The van der Waals surface area contributed by atoms with Gasteiger partial charge < -0.3 is 0 Å². The molecule has 0 saturated carbocycles. The van der Waals surface area contributed by atoms with Crippen molar-refractivity contribution in [3.8, 4) is 5.69 Å². The zero-order valence-corrected chi connectivity index (χ0v) is 20.9. The van der Waals surface area contributed by atoms with Gasteiger partial charge in [-0.2, -0.15) is 0 Å². The molecule has 0 atom stereocenters. The van der Waals surface area contributed by atoms with E-state index in [1.54, 1.807) is 60.7 Å². The average Bonchev–Trinajstić information content (AvgIpc) is 3.22. The quantitative estimate of drug-likeness (QED) is 0.272. The minimum atomic E-state index is -3.85. The maximum Gasteiger partial charge on any atom is 0.293 e. The third-order valence-electron chi connectivity index (χ3n) is 5.35. The van der Waals surface area contributed by atoms with Crippen LogP contribution in [-0.4, -0.2) is 21.9 Å². The number of halogens is 3. The summed E-state index contributed by atoms with van der Waals surface area (Å²) in [5, 5.41) is 0.763. The zero-order chi connectivity index (χ0) is 23.5. The van der Waals surface area contributed by atoms with Crippen LogP contribution in [0.4, 0.5) is 0 Å². The van der Waals surface area contributed by atoms with Gasteiger partial charge in [0.25, 0.3) is 15.6 Å². The van der Waals surface area contributed by atoms with E-state index in [1.165, 1.54) is 14.7 Å². The highest BCUT2D eigenvalue weighted by molar-refractivity contribution is 9.10. The van der Waals surface area contributed by atoms with Gasteiger partial charge in [0.15, 0.2) is 5.15 Å². The second-order valence-corrected chi connectivity index (χ2v) is 10.9. The monoisotopic (exact) mass is 561 g/mol. The summed E-state index contributed by atoms with van der Waals surface area (Å²) in [6.45, 7) is 1.89. The maximum atomic E-state index is 13.3. The lowest BCUT2D eigenvalue weighted by Gasteiger charge is -2.13. The van der Waals surface area contributed by atoms with Crippen molar-refractivity contribution in [3.63, 3.8) is 0 Å². The fourth-order valence-corrected chi connectivity index (χ4v) is 5.76. The van der Waals surface area contributed by atoms with Crippen LogP contribution in [0.1, 0.15) is 5.56 Å². The number of fused-ring (bicyclic) bond motifs is 2. The number of nitrogens with zero attached hydrogens (tertiary/aromatic N) is 3. The van der Waals surface area contributed by atoms with Crippen LogP contribution in [-0.2, 0) is 10.0 Å². The normalized spacial score (nSPS) is 12.0. The Labute approximate surface area is 207 Å². The van der Waals surface area contributed by atoms with Crippen molar-refractivity contribution in [2.75, 3.05) is 0 Å². The Hall–Kier alpha value is -2.65. The number of hydrogen-bond acceptors (Lipinski definition) is 4. The zero-order valence-electron chi connectivity index (χ0n) is 17.0. The van der Waals surface area contributed by atoms with Gasteiger partial charge in [-0.15, -0.1) is 0 Å². The van der Waals surface area contributed by atoms with Crippen molar-refractivity contribution in [2.24, 2.45) is 0 Å². The molecule has 10 heteroatoms. The van der Waals surface area contributed by atoms with Gasteiger partial charge >= 0.3 is 0 Å². The molecule has 5 rings (SSSR count). The molecule has 0 N–H and O–H groups in total. The third-order valence-corrected chi connectivity index (χ3v) is 8.50. The molecule has 0 spiro atoms. The lowest BCUT2D eigenvalue weighted by atomic mass is 10.2. The van der Waals surface area contributed by atoms with Crippen molar-refractivity contribution in [1.82, 2.24) is 13.5 Å². The predicted octanol–water partition coefficient (Wildman–Crippen LogP) is 5.96. The molecule has 0 aliphatic carbocycles. The standard InChI is InChI=1S/C23H14BrCl2N3O3S/c1-13-5-7-14(8-6-13)33(31,32)28-10-9-15-19(28)3-2-4-20(15)29-21-11-16(24)17(25)12-18(21)27-22(26)23(29)30/h2-12H,1H3. The molecule has 2 aromatic heterocycles. The molecule has 33 heavy (non-hydrogen) atoms. The van der Waals surface area contributed by atoms with Crippen LogP contribution in [0.15, 0.2) is 81.0 Å². The van der Waals surface area contributed by atoms with Crippen molar-refractivity contribution < 1.29 is 8.42 Å². The van der Waals surface area contributed by atoms with Crippen LogP contribution in [0.2, 0.25) is 10.2 Å². The van der Waals surface area contributed by atoms with Crippen LogP contribution in [0.5, 0.6) is 0 Å². The SMILES string of the molecule is Cc1ccc(S(=O)(=O)n2ccc3c(-n4c(=O)c(Cl)nc5cc(Cl)c(Br)cc54)cccc32)cc1. The molecule has 0 amide bonds. The van der Waals surface area contributed by atoms with Gasteiger partial charge in [0.2, 0.25) is 0 Å². The van der Waals surface area contributed by atoms with Crippen LogP contribution < -0.4 is 5.56 Å². The summed E-state index contributed by atoms with van der Waals surface area (Å²) in [5.74, 6) is 0. The van der Waals surface area contributed by atoms with Crippen LogP contribution >= 0.6 is 39.1 Å². The Morgan fingerprint density at radius 1 is 0.970 bits per heavy atom. The summed E-state index contributed by atoms with van der Waals surface area (Å²) < 4.78 is 29.9. The topological polar surface area (TPSA) is 74.0 Å². The predicted molar refractivity (Wildman–Crippen MR) is 134 cm³/mol. The molecule has 5 aromatic rings. The number of aromatic nitrogens is 3. The Morgan fingerprint density at radius 2 is 1.70 bits per heavy atom. The highest BCUT2D eigenvalue weighted by Gasteiger charge is 2.21. The van der Waals surface area contributed by atoms with E-state index in [9.17, 15) is 13.2 Å². The first-order valence-corrected chi connectivity index (χ1v) is 12.7. The first-order valence-electron chi connectivity index (χ1n) is 9.68. The van der Waals surface area contributed by atoms with Crippen LogP contribution in [0.3, 0.4) is 0 Å². The number of rotatable bonds is 3. The van der Waals surface area contributed by atoms with E-state index < -0.39 is 15.6 Å². The summed E-state index contributed by atoms with van der Waals surface area (Å²) in [5.41, 5.74) is 2.23. The lowest BCUT2D eigenvalue weighted by Crippen LogP contribution is -2.21. The molecule has 0 radical (unpaired) electrons. The van der Waals surface area contributed by atoms with Crippen molar-refractivity contribution in [1.29, 1.82) is 0 Å². The summed E-state index contributed by atoms with van der Waals surface area (Å²) in [7, 11) is -3.85. The smallest absolute Gasteiger partial charge is 0.272 e.